The fourth-order valence-electron chi connectivity index (χ4n) is 1.68. The van der Waals surface area contributed by atoms with E-state index in [9.17, 15) is 10.1 Å². The van der Waals surface area contributed by atoms with Gasteiger partial charge in [0.25, 0.3) is 5.69 Å². The zero-order valence-corrected chi connectivity index (χ0v) is 8.96. The molecule has 0 radical (unpaired) electrons. The van der Waals surface area contributed by atoms with E-state index in [1.54, 1.807) is 0 Å². The summed E-state index contributed by atoms with van der Waals surface area (Å²) < 4.78 is 0. The summed E-state index contributed by atoms with van der Waals surface area (Å²) in [5.74, 6) is 0.409. The summed E-state index contributed by atoms with van der Waals surface area (Å²) >= 11 is 0. The highest BCUT2D eigenvalue weighted by atomic mass is 16.6. The number of pyridine rings is 1. The normalized spacial score (nSPS) is 14.5. The van der Waals surface area contributed by atoms with Crippen LogP contribution in [0.2, 0.25) is 0 Å². The fraction of sp³-hybridized carbons (Fsp3) is 0.273. The van der Waals surface area contributed by atoms with E-state index in [1.165, 1.54) is 6.07 Å². The van der Waals surface area contributed by atoms with E-state index in [0.29, 0.717) is 5.82 Å². The SMILES string of the molecule is N#Cc1cc([N+](=O)[O-])cnc1NC1CC=CC1. The molecule has 0 fully saturated rings. The summed E-state index contributed by atoms with van der Waals surface area (Å²) in [6, 6.07) is 3.37. The number of hydrogen-bond donors (Lipinski definition) is 1. The Bertz CT molecular complexity index is 511. The van der Waals surface area contributed by atoms with Gasteiger partial charge in [0.2, 0.25) is 0 Å². The van der Waals surface area contributed by atoms with E-state index in [2.05, 4.69) is 22.5 Å². The molecule has 1 heterocycles. The Morgan fingerprint density at radius 2 is 2.24 bits per heavy atom. The molecule has 1 aromatic heterocycles. The molecular formula is C11H10N4O2. The molecule has 0 spiro atoms. The van der Waals surface area contributed by atoms with Gasteiger partial charge in [-0.3, -0.25) is 10.1 Å². The van der Waals surface area contributed by atoms with Crippen molar-refractivity contribution in [1.29, 1.82) is 5.26 Å². The summed E-state index contributed by atoms with van der Waals surface area (Å²) in [6.07, 6.45) is 7.02. The molecule has 0 atom stereocenters. The molecule has 1 aromatic rings. The van der Waals surface area contributed by atoms with E-state index >= 15 is 0 Å². The first-order chi connectivity index (χ1) is 8.20. The van der Waals surface area contributed by atoms with Gasteiger partial charge in [0.1, 0.15) is 23.6 Å². The molecular weight excluding hydrogens is 220 g/mol. The Morgan fingerprint density at radius 1 is 1.53 bits per heavy atom. The van der Waals surface area contributed by atoms with Gasteiger partial charge < -0.3 is 5.32 Å². The van der Waals surface area contributed by atoms with Crippen LogP contribution in [0.1, 0.15) is 18.4 Å². The largest absolute Gasteiger partial charge is 0.366 e. The smallest absolute Gasteiger partial charge is 0.289 e. The van der Waals surface area contributed by atoms with Gasteiger partial charge in [-0.15, -0.1) is 0 Å². The molecule has 1 aliphatic carbocycles. The molecule has 0 bridgehead atoms. The highest BCUT2D eigenvalue weighted by molar-refractivity contribution is 5.56. The third-order valence-electron chi connectivity index (χ3n) is 2.55. The molecule has 0 amide bonds. The third kappa shape index (κ3) is 2.39. The summed E-state index contributed by atoms with van der Waals surface area (Å²) in [5, 5.41) is 22.6. The van der Waals surface area contributed by atoms with Crippen molar-refractivity contribution in [2.75, 3.05) is 5.32 Å². The van der Waals surface area contributed by atoms with Crippen LogP contribution in [-0.2, 0) is 0 Å². The Morgan fingerprint density at radius 3 is 2.82 bits per heavy atom. The maximum atomic E-state index is 10.6. The highest BCUT2D eigenvalue weighted by Crippen LogP contribution is 2.21. The van der Waals surface area contributed by atoms with Crippen molar-refractivity contribution in [1.82, 2.24) is 4.98 Å². The Hall–Kier alpha value is -2.42. The van der Waals surface area contributed by atoms with E-state index in [-0.39, 0.29) is 17.3 Å². The van der Waals surface area contributed by atoms with Gasteiger partial charge in [0.05, 0.1) is 4.92 Å². The van der Waals surface area contributed by atoms with Crippen molar-refractivity contribution in [2.45, 2.75) is 18.9 Å². The van der Waals surface area contributed by atoms with E-state index in [1.807, 2.05) is 6.07 Å². The Labute approximate surface area is 97.7 Å². The van der Waals surface area contributed by atoms with Crippen LogP contribution in [0.4, 0.5) is 11.5 Å². The second-order valence-corrected chi connectivity index (χ2v) is 3.74. The maximum Gasteiger partial charge on any atom is 0.289 e. The van der Waals surface area contributed by atoms with Crippen molar-refractivity contribution in [2.24, 2.45) is 0 Å². The molecule has 0 saturated heterocycles. The second-order valence-electron chi connectivity index (χ2n) is 3.74. The second kappa shape index (κ2) is 4.61. The van der Waals surface area contributed by atoms with Gasteiger partial charge in [-0.05, 0) is 12.8 Å². The van der Waals surface area contributed by atoms with Gasteiger partial charge in [-0.1, -0.05) is 12.2 Å². The molecule has 2 rings (SSSR count). The Balaban J connectivity index is 2.22. The van der Waals surface area contributed by atoms with E-state index < -0.39 is 4.92 Å². The van der Waals surface area contributed by atoms with E-state index in [0.717, 1.165) is 19.0 Å². The van der Waals surface area contributed by atoms with Gasteiger partial charge >= 0.3 is 0 Å². The van der Waals surface area contributed by atoms with Gasteiger partial charge in [-0.25, -0.2) is 4.98 Å². The molecule has 6 nitrogen and oxygen atoms in total. The van der Waals surface area contributed by atoms with Crippen molar-refractivity contribution in [3.05, 3.63) is 40.1 Å². The average Bonchev–Trinajstić information content (AvgIpc) is 2.82. The van der Waals surface area contributed by atoms with Crippen molar-refractivity contribution < 1.29 is 4.92 Å². The lowest BCUT2D eigenvalue weighted by molar-refractivity contribution is -0.385. The minimum absolute atomic E-state index is 0.170. The minimum atomic E-state index is -0.561. The first-order valence-electron chi connectivity index (χ1n) is 5.17. The first-order valence-corrected chi connectivity index (χ1v) is 5.17. The molecule has 6 heteroatoms. The molecule has 0 unspecified atom stereocenters. The number of nitro groups is 1. The van der Waals surface area contributed by atoms with Crippen LogP contribution in [0, 0.1) is 21.4 Å². The van der Waals surface area contributed by atoms with Crippen LogP contribution < -0.4 is 5.32 Å². The zero-order valence-electron chi connectivity index (χ0n) is 8.96. The number of nitriles is 1. The highest BCUT2D eigenvalue weighted by Gasteiger charge is 2.16. The van der Waals surface area contributed by atoms with Gasteiger partial charge in [0, 0.05) is 12.1 Å². The molecule has 17 heavy (non-hydrogen) atoms. The lowest BCUT2D eigenvalue weighted by Crippen LogP contribution is -2.17. The number of nitrogens with zero attached hydrogens (tertiary/aromatic N) is 3. The lowest BCUT2D eigenvalue weighted by atomic mass is 10.2. The van der Waals surface area contributed by atoms with Crippen LogP contribution >= 0.6 is 0 Å². The van der Waals surface area contributed by atoms with Crippen LogP contribution in [0.3, 0.4) is 0 Å². The summed E-state index contributed by atoms with van der Waals surface area (Å²) in [4.78, 5) is 13.9. The molecule has 1 aliphatic rings. The molecule has 86 valence electrons. The molecule has 0 saturated carbocycles. The number of rotatable bonds is 3. The predicted molar refractivity (Wildman–Crippen MR) is 61.4 cm³/mol. The number of hydrogen-bond acceptors (Lipinski definition) is 5. The first kappa shape index (κ1) is 11.1. The monoisotopic (exact) mass is 230 g/mol. The number of anilines is 1. The zero-order chi connectivity index (χ0) is 12.3. The standard InChI is InChI=1S/C11H10N4O2/c12-6-8-5-10(15(16)17)7-13-11(8)14-9-3-1-2-4-9/h1-2,5,7,9H,3-4H2,(H,13,14). The number of nitrogens with one attached hydrogen (secondary N) is 1. The van der Waals surface area contributed by atoms with Crippen molar-refractivity contribution in [3.8, 4) is 6.07 Å². The molecule has 0 aliphatic heterocycles. The molecule has 1 N–H and O–H groups in total. The lowest BCUT2D eigenvalue weighted by Gasteiger charge is -2.13. The van der Waals surface area contributed by atoms with Crippen LogP contribution in [-0.4, -0.2) is 15.9 Å². The summed E-state index contributed by atoms with van der Waals surface area (Å²) in [5.41, 5.74) is 0.0303. The summed E-state index contributed by atoms with van der Waals surface area (Å²) in [6.45, 7) is 0. The van der Waals surface area contributed by atoms with Crippen LogP contribution in [0.15, 0.2) is 24.4 Å². The predicted octanol–water partition coefficient (Wildman–Crippen LogP) is 1.99. The van der Waals surface area contributed by atoms with Gasteiger partial charge in [-0.2, -0.15) is 5.26 Å². The maximum absolute atomic E-state index is 10.6. The number of aromatic nitrogens is 1. The summed E-state index contributed by atoms with van der Waals surface area (Å²) in [7, 11) is 0. The topological polar surface area (TPSA) is 91.8 Å². The fourth-order valence-corrected chi connectivity index (χ4v) is 1.68. The van der Waals surface area contributed by atoms with Crippen LogP contribution in [0.5, 0.6) is 0 Å². The quantitative estimate of drug-likeness (QED) is 0.487. The van der Waals surface area contributed by atoms with E-state index in [4.69, 9.17) is 5.26 Å². The molecule has 0 aromatic carbocycles. The third-order valence-corrected chi connectivity index (χ3v) is 2.55. The minimum Gasteiger partial charge on any atom is -0.366 e. The van der Waals surface area contributed by atoms with Crippen molar-refractivity contribution >= 4 is 11.5 Å². The Kier molecular flexibility index (Phi) is 3.01. The van der Waals surface area contributed by atoms with Gasteiger partial charge in [0.15, 0.2) is 0 Å². The van der Waals surface area contributed by atoms with Crippen molar-refractivity contribution in [3.63, 3.8) is 0 Å². The van der Waals surface area contributed by atoms with Crippen LogP contribution in [0.25, 0.3) is 0 Å². The average molecular weight is 230 g/mol.